The van der Waals surface area contributed by atoms with Gasteiger partial charge in [0.15, 0.2) is 0 Å². The van der Waals surface area contributed by atoms with Gasteiger partial charge in [-0.25, -0.2) is 17.6 Å². The highest BCUT2D eigenvalue weighted by Crippen LogP contribution is 2.35. The number of aliphatic hydroxyl groups is 1. The number of carbonyl (C=O) groups excluding carboxylic acids is 1. The minimum absolute atomic E-state index is 0.110. The van der Waals surface area contributed by atoms with Gasteiger partial charge in [0.25, 0.3) is 18.8 Å². The molecule has 0 bridgehead atoms. The van der Waals surface area contributed by atoms with Crippen molar-refractivity contribution in [3.8, 4) is 5.75 Å². The van der Waals surface area contributed by atoms with E-state index in [9.17, 15) is 32.6 Å². The summed E-state index contributed by atoms with van der Waals surface area (Å²) in [5.74, 6) is -1.89. The average Bonchev–Trinajstić information content (AvgIpc) is 2.80. The van der Waals surface area contributed by atoms with Crippen LogP contribution in [0.25, 0.3) is 0 Å². The molecule has 0 fully saturated rings. The number of carbonyl (C=O) groups is 1. The summed E-state index contributed by atoms with van der Waals surface area (Å²) >= 11 is 3.02. The lowest BCUT2D eigenvalue weighted by Crippen LogP contribution is -2.51. The maximum atomic E-state index is 13.0. The van der Waals surface area contributed by atoms with Crippen LogP contribution < -0.4 is 0 Å². The second-order valence-electron chi connectivity index (χ2n) is 4.53. The number of hydrogen-bond acceptors (Lipinski definition) is 4. The Labute approximate surface area is 130 Å². The Kier molecular flexibility index (Phi) is 4.43. The van der Waals surface area contributed by atoms with Crippen molar-refractivity contribution in [3.63, 3.8) is 0 Å². The van der Waals surface area contributed by atoms with E-state index in [1.165, 1.54) is 6.07 Å². The summed E-state index contributed by atoms with van der Waals surface area (Å²) in [6, 6.07) is 3.58. The van der Waals surface area contributed by atoms with Crippen molar-refractivity contribution < 1.29 is 32.6 Å². The zero-order valence-electron chi connectivity index (χ0n) is 10.7. The van der Waals surface area contributed by atoms with Gasteiger partial charge in [-0.3, -0.25) is 4.79 Å². The van der Waals surface area contributed by atoms with Crippen molar-refractivity contribution in [2.45, 2.75) is 25.0 Å². The van der Waals surface area contributed by atoms with Gasteiger partial charge in [-0.15, -0.1) is 0 Å². The lowest BCUT2D eigenvalue weighted by atomic mass is 10.1. The van der Waals surface area contributed by atoms with Gasteiger partial charge in [-0.2, -0.15) is 10.1 Å². The van der Waals surface area contributed by atoms with E-state index in [-0.39, 0.29) is 5.01 Å². The van der Waals surface area contributed by atoms with Gasteiger partial charge < -0.3 is 10.2 Å². The fraction of sp³-hybridized carbons (Fsp3) is 0.333. The number of rotatable bonds is 3. The van der Waals surface area contributed by atoms with E-state index in [0.29, 0.717) is 4.47 Å². The molecule has 0 aliphatic carbocycles. The number of benzene rings is 1. The smallest absolute Gasteiger partial charge is 0.287 e. The third kappa shape index (κ3) is 2.80. The van der Waals surface area contributed by atoms with Gasteiger partial charge in [-0.1, -0.05) is 15.9 Å². The number of phenols is 1. The molecule has 2 rings (SSSR count). The standard InChI is InChI=1S/C12H9BrF4N2O3/c13-5-1-2-8(20)6(3-5)10(21)19-12(22,11(16)17)4-7(18-19)9(14)15/h1-3,9,11,20,22H,4H2/t12-/m0/s1. The SMILES string of the molecule is O=C(c1cc(Br)ccc1O)N1N=C(C(F)F)C[C@]1(O)C(F)F. The van der Waals surface area contributed by atoms with Crippen molar-refractivity contribution in [1.82, 2.24) is 5.01 Å². The first-order valence-electron chi connectivity index (χ1n) is 5.86. The molecule has 22 heavy (non-hydrogen) atoms. The van der Waals surface area contributed by atoms with Gasteiger partial charge in [-0.05, 0) is 18.2 Å². The molecule has 0 aromatic heterocycles. The summed E-state index contributed by atoms with van der Waals surface area (Å²) < 4.78 is 51.7. The van der Waals surface area contributed by atoms with Crippen LogP contribution in [0.1, 0.15) is 16.8 Å². The Morgan fingerprint density at radius 3 is 2.55 bits per heavy atom. The topological polar surface area (TPSA) is 73.1 Å². The van der Waals surface area contributed by atoms with Gasteiger partial charge in [0.2, 0.25) is 5.72 Å². The lowest BCUT2D eigenvalue weighted by Gasteiger charge is -2.30. The fourth-order valence-electron chi connectivity index (χ4n) is 1.90. The molecular formula is C12H9BrF4N2O3. The van der Waals surface area contributed by atoms with Crippen LogP contribution >= 0.6 is 15.9 Å². The molecule has 0 saturated heterocycles. The van der Waals surface area contributed by atoms with Gasteiger partial charge in [0, 0.05) is 10.9 Å². The second kappa shape index (κ2) is 5.84. The second-order valence-corrected chi connectivity index (χ2v) is 5.44. The number of hydrazone groups is 1. The highest BCUT2D eigenvalue weighted by Gasteiger charge is 2.53. The number of phenolic OH excluding ortho intramolecular Hbond substituents is 1. The highest BCUT2D eigenvalue weighted by atomic mass is 79.9. The Hall–Kier alpha value is -1.68. The number of halogens is 5. The molecule has 2 N–H and O–H groups in total. The first-order chi connectivity index (χ1) is 10.2. The van der Waals surface area contributed by atoms with Crippen LogP contribution in [-0.2, 0) is 0 Å². The van der Waals surface area contributed by atoms with E-state index in [2.05, 4.69) is 21.0 Å². The minimum atomic E-state index is -3.52. The molecule has 1 heterocycles. The maximum absolute atomic E-state index is 13.0. The van der Waals surface area contributed by atoms with Crippen molar-refractivity contribution in [2.24, 2.45) is 5.10 Å². The molecular weight excluding hydrogens is 376 g/mol. The molecule has 10 heteroatoms. The Balaban J connectivity index is 2.47. The molecule has 5 nitrogen and oxygen atoms in total. The Morgan fingerprint density at radius 1 is 1.36 bits per heavy atom. The molecule has 1 aliphatic rings. The molecule has 1 aliphatic heterocycles. The van der Waals surface area contributed by atoms with E-state index in [1.807, 2.05) is 0 Å². The minimum Gasteiger partial charge on any atom is -0.507 e. The predicted molar refractivity (Wildman–Crippen MR) is 71.0 cm³/mol. The maximum Gasteiger partial charge on any atom is 0.287 e. The van der Waals surface area contributed by atoms with Crippen LogP contribution in [-0.4, -0.2) is 45.4 Å². The van der Waals surface area contributed by atoms with Crippen LogP contribution in [0.5, 0.6) is 5.75 Å². The molecule has 120 valence electrons. The van der Waals surface area contributed by atoms with Crippen LogP contribution in [0.15, 0.2) is 27.8 Å². The quantitative estimate of drug-likeness (QED) is 0.786. The average molecular weight is 385 g/mol. The third-order valence-electron chi connectivity index (χ3n) is 3.02. The lowest BCUT2D eigenvalue weighted by molar-refractivity contribution is -0.164. The van der Waals surface area contributed by atoms with E-state index in [4.69, 9.17) is 0 Å². The summed E-state index contributed by atoms with van der Waals surface area (Å²) in [4.78, 5) is 12.2. The number of nitrogens with zero attached hydrogens (tertiary/aromatic N) is 2. The fourth-order valence-corrected chi connectivity index (χ4v) is 2.26. The van der Waals surface area contributed by atoms with Crippen LogP contribution in [0.4, 0.5) is 17.6 Å². The van der Waals surface area contributed by atoms with Crippen molar-refractivity contribution >= 4 is 27.5 Å². The zero-order valence-corrected chi connectivity index (χ0v) is 12.3. The van der Waals surface area contributed by atoms with Crippen molar-refractivity contribution in [1.29, 1.82) is 0 Å². The summed E-state index contributed by atoms with van der Waals surface area (Å²) in [7, 11) is 0. The third-order valence-corrected chi connectivity index (χ3v) is 3.51. The molecule has 0 radical (unpaired) electrons. The first-order valence-corrected chi connectivity index (χ1v) is 6.65. The summed E-state index contributed by atoms with van der Waals surface area (Å²) in [6.45, 7) is 0. The number of hydrogen-bond donors (Lipinski definition) is 2. The molecule has 1 aromatic rings. The molecule has 0 spiro atoms. The van der Waals surface area contributed by atoms with Gasteiger partial charge >= 0.3 is 0 Å². The summed E-state index contributed by atoms with van der Waals surface area (Å²) in [5.41, 5.74) is -4.68. The Morgan fingerprint density at radius 2 is 2.00 bits per heavy atom. The number of alkyl halides is 4. The number of amides is 1. The van der Waals surface area contributed by atoms with Crippen LogP contribution in [0.2, 0.25) is 0 Å². The Bertz CT molecular complexity index is 641. The van der Waals surface area contributed by atoms with E-state index >= 15 is 0 Å². The molecule has 0 unspecified atom stereocenters. The van der Waals surface area contributed by atoms with E-state index < -0.39 is 47.9 Å². The largest absolute Gasteiger partial charge is 0.507 e. The van der Waals surface area contributed by atoms with Gasteiger partial charge in [0.05, 0.1) is 5.56 Å². The highest BCUT2D eigenvalue weighted by molar-refractivity contribution is 9.10. The van der Waals surface area contributed by atoms with Crippen molar-refractivity contribution in [2.75, 3.05) is 0 Å². The van der Waals surface area contributed by atoms with Crippen molar-refractivity contribution in [3.05, 3.63) is 28.2 Å². The van der Waals surface area contributed by atoms with E-state index in [1.54, 1.807) is 0 Å². The van der Waals surface area contributed by atoms with E-state index in [0.717, 1.165) is 12.1 Å². The predicted octanol–water partition coefficient (Wildman–Crippen LogP) is 2.58. The van der Waals surface area contributed by atoms with Crippen LogP contribution in [0, 0.1) is 0 Å². The van der Waals surface area contributed by atoms with Gasteiger partial charge in [0.1, 0.15) is 11.5 Å². The number of aromatic hydroxyl groups is 1. The molecule has 1 amide bonds. The molecule has 1 aromatic carbocycles. The molecule has 0 saturated carbocycles. The summed E-state index contributed by atoms with van der Waals surface area (Å²) in [6.07, 6.45) is -7.90. The summed E-state index contributed by atoms with van der Waals surface area (Å²) in [5, 5.41) is 22.5. The normalized spacial score (nSPS) is 21.6. The van der Waals surface area contributed by atoms with Crippen LogP contribution in [0.3, 0.4) is 0 Å². The monoisotopic (exact) mass is 384 g/mol. The first kappa shape index (κ1) is 16.7. The molecule has 1 atom stereocenters. The zero-order chi connectivity index (χ0) is 16.7.